The summed E-state index contributed by atoms with van der Waals surface area (Å²) in [5.41, 5.74) is 0.556. The minimum atomic E-state index is -3.89. The van der Waals surface area contributed by atoms with Gasteiger partial charge in [0.05, 0.1) is 22.2 Å². The van der Waals surface area contributed by atoms with Crippen molar-refractivity contribution < 1.29 is 17.9 Å². The van der Waals surface area contributed by atoms with Crippen molar-refractivity contribution in [1.29, 1.82) is 0 Å². The van der Waals surface area contributed by atoms with Gasteiger partial charge in [-0.1, -0.05) is 12.1 Å². The highest BCUT2D eigenvalue weighted by molar-refractivity contribution is 9.10. The molecular weight excluding hydrogens is 446 g/mol. The number of ether oxygens (including phenoxy) is 1. The number of nitrogens with one attached hydrogen (secondary N) is 2. The van der Waals surface area contributed by atoms with Crippen molar-refractivity contribution in [3.05, 3.63) is 76.9 Å². The maximum Gasteiger partial charge on any atom is 0.261 e. The first-order valence-corrected chi connectivity index (χ1v) is 10.4. The first kappa shape index (κ1) is 19.8. The molecule has 0 aliphatic rings. The lowest BCUT2D eigenvalue weighted by atomic mass is 10.2. The van der Waals surface area contributed by atoms with Crippen LogP contribution in [0.2, 0.25) is 0 Å². The molecule has 0 saturated heterocycles. The normalized spacial score (nSPS) is 10.9. The number of sulfonamides is 1. The molecule has 0 unspecified atom stereocenters. The van der Waals surface area contributed by atoms with Crippen LogP contribution >= 0.6 is 15.9 Å². The van der Waals surface area contributed by atoms with Gasteiger partial charge in [-0.05, 0) is 64.5 Å². The van der Waals surface area contributed by atoms with Crippen LogP contribution in [0.5, 0.6) is 5.75 Å². The van der Waals surface area contributed by atoms with Gasteiger partial charge in [0.2, 0.25) is 0 Å². The van der Waals surface area contributed by atoms with E-state index in [2.05, 4.69) is 31.0 Å². The number of aromatic nitrogens is 1. The predicted octanol–water partition coefficient (Wildman–Crippen LogP) is 3.91. The van der Waals surface area contributed by atoms with Crippen LogP contribution in [0.4, 0.5) is 11.5 Å². The molecule has 0 aliphatic heterocycles. The molecule has 0 fully saturated rings. The third-order valence-electron chi connectivity index (χ3n) is 3.72. The Bertz CT molecular complexity index is 1110. The van der Waals surface area contributed by atoms with Crippen LogP contribution in [-0.2, 0) is 10.0 Å². The van der Waals surface area contributed by atoms with E-state index in [0.717, 1.165) is 0 Å². The summed E-state index contributed by atoms with van der Waals surface area (Å²) in [6.07, 6.45) is 1.55. The molecule has 0 atom stereocenters. The van der Waals surface area contributed by atoms with E-state index in [1.54, 1.807) is 42.6 Å². The molecule has 28 heavy (non-hydrogen) atoms. The maximum absolute atomic E-state index is 12.7. The van der Waals surface area contributed by atoms with Crippen molar-refractivity contribution in [1.82, 2.24) is 4.98 Å². The third kappa shape index (κ3) is 4.68. The van der Waals surface area contributed by atoms with Gasteiger partial charge in [0.15, 0.2) is 0 Å². The van der Waals surface area contributed by atoms with Gasteiger partial charge < -0.3 is 10.1 Å². The smallest absolute Gasteiger partial charge is 0.261 e. The van der Waals surface area contributed by atoms with Crippen molar-refractivity contribution in [2.24, 2.45) is 0 Å². The van der Waals surface area contributed by atoms with Crippen molar-refractivity contribution in [2.75, 3.05) is 17.1 Å². The Labute approximate surface area is 170 Å². The number of anilines is 2. The second-order valence-corrected chi connectivity index (χ2v) is 8.19. The zero-order chi connectivity index (χ0) is 20.1. The Morgan fingerprint density at radius 2 is 1.89 bits per heavy atom. The summed E-state index contributed by atoms with van der Waals surface area (Å²) in [5.74, 6) is 0.501. The van der Waals surface area contributed by atoms with E-state index in [0.29, 0.717) is 21.7 Å². The summed E-state index contributed by atoms with van der Waals surface area (Å²) in [4.78, 5) is 16.4. The first-order chi connectivity index (χ1) is 13.4. The van der Waals surface area contributed by atoms with Gasteiger partial charge in [-0.2, -0.15) is 0 Å². The van der Waals surface area contributed by atoms with Gasteiger partial charge in [-0.25, -0.2) is 13.4 Å². The van der Waals surface area contributed by atoms with Gasteiger partial charge in [-0.3, -0.25) is 9.52 Å². The summed E-state index contributed by atoms with van der Waals surface area (Å²) in [5, 5.41) is 2.62. The number of pyridine rings is 1. The molecule has 0 spiro atoms. The highest BCUT2D eigenvalue weighted by Gasteiger charge is 2.17. The fourth-order valence-electron chi connectivity index (χ4n) is 2.37. The molecule has 144 valence electrons. The van der Waals surface area contributed by atoms with Crippen LogP contribution in [0.25, 0.3) is 0 Å². The van der Waals surface area contributed by atoms with Crippen LogP contribution in [0, 0.1) is 0 Å². The number of benzene rings is 2. The van der Waals surface area contributed by atoms with E-state index in [9.17, 15) is 13.2 Å². The fraction of sp³-hybridized carbons (Fsp3) is 0.0526. The molecule has 1 aromatic heterocycles. The number of nitrogens with zero attached hydrogens (tertiary/aromatic N) is 1. The summed E-state index contributed by atoms with van der Waals surface area (Å²) >= 11 is 3.31. The average molecular weight is 462 g/mol. The Hall–Kier alpha value is -2.91. The summed E-state index contributed by atoms with van der Waals surface area (Å²) in [6, 6.07) is 15.7. The van der Waals surface area contributed by atoms with Gasteiger partial charge >= 0.3 is 0 Å². The standard InChI is InChI=1S/C19H16BrN3O4S/c1-27-17-9-8-14(12-16(17)20)23-28(25,26)15-6-4-5-13(11-15)19(24)22-18-7-2-3-10-21-18/h2-12,23H,1H3,(H,21,22,24). The van der Waals surface area contributed by atoms with Crippen molar-refractivity contribution in [3.63, 3.8) is 0 Å². The minimum Gasteiger partial charge on any atom is -0.496 e. The lowest BCUT2D eigenvalue weighted by Crippen LogP contribution is -2.16. The summed E-state index contributed by atoms with van der Waals surface area (Å²) < 4.78 is 33.6. The highest BCUT2D eigenvalue weighted by atomic mass is 79.9. The van der Waals surface area contributed by atoms with E-state index in [1.807, 2.05) is 0 Å². The molecule has 1 heterocycles. The number of hydrogen-bond acceptors (Lipinski definition) is 5. The average Bonchev–Trinajstić information content (AvgIpc) is 2.69. The predicted molar refractivity (Wildman–Crippen MR) is 110 cm³/mol. The van der Waals surface area contributed by atoms with Gasteiger partial charge in [0.25, 0.3) is 15.9 Å². The highest BCUT2D eigenvalue weighted by Crippen LogP contribution is 2.29. The van der Waals surface area contributed by atoms with Crippen LogP contribution in [0.1, 0.15) is 10.4 Å². The van der Waals surface area contributed by atoms with Gasteiger partial charge in [0, 0.05) is 11.8 Å². The zero-order valence-corrected chi connectivity index (χ0v) is 17.1. The molecule has 9 heteroatoms. The second-order valence-electron chi connectivity index (χ2n) is 5.65. The van der Waals surface area contributed by atoms with E-state index in [-0.39, 0.29) is 10.5 Å². The Morgan fingerprint density at radius 3 is 2.57 bits per heavy atom. The van der Waals surface area contributed by atoms with Crippen LogP contribution < -0.4 is 14.8 Å². The first-order valence-electron chi connectivity index (χ1n) is 8.08. The molecule has 0 radical (unpaired) electrons. The number of carbonyl (C=O) groups is 1. The Balaban J connectivity index is 1.82. The second kappa shape index (κ2) is 8.41. The SMILES string of the molecule is COc1ccc(NS(=O)(=O)c2cccc(C(=O)Nc3ccccn3)c2)cc1Br. The number of hydrogen-bond donors (Lipinski definition) is 2. The molecule has 0 aliphatic carbocycles. The number of carbonyl (C=O) groups excluding carboxylic acids is 1. The fourth-order valence-corrected chi connectivity index (χ4v) is 4.01. The zero-order valence-electron chi connectivity index (χ0n) is 14.7. The number of rotatable bonds is 6. The van der Waals surface area contributed by atoms with Crippen molar-refractivity contribution in [2.45, 2.75) is 4.90 Å². The third-order valence-corrected chi connectivity index (χ3v) is 5.72. The minimum absolute atomic E-state index is 0.0342. The van der Waals surface area contributed by atoms with E-state index in [4.69, 9.17) is 4.74 Å². The van der Waals surface area contributed by atoms with E-state index in [1.165, 1.54) is 31.4 Å². The topological polar surface area (TPSA) is 97.4 Å². The molecule has 1 amide bonds. The summed E-state index contributed by atoms with van der Waals surface area (Å²) in [7, 11) is -2.37. The molecule has 0 saturated carbocycles. The molecule has 7 nitrogen and oxygen atoms in total. The molecule has 2 N–H and O–H groups in total. The van der Waals surface area contributed by atoms with Gasteiger partial charge in [-0.15, -0.1) is 0 Å². The van der Waals surface area contributed by atoms with Gasteiger partial charge in [0.1, 0.15) is 11.6 Å². The van der Waals surface area contributed by atoms with Crippen molar-refractivity contribution >= 4 is 43.4 Å². The van der Waals surface area contributed by atoms with E-state index < -0.39 is 15.9 Å². The molecule has 3 aromatic rings. The lowest BCUT2D eigenvalue weighted by molar-refractivity contribution is 0.102. The lowest BCUT2D eigenvalue weighted by Gasteiger charge is -2.11. The van der Waals surface area contributed by atoms with Crippen LogP contribution in [0.3, 0.4) is 0 Å². The number of halogens is 1. The largest absolute Gasteiger partial charge is 0.496 e. The van der Waals surface area contributed by atoms with Crippen LogP contribution in [-0.4, -0.2) is 26.4 Å². The molecule has 3 rings (SSSR count). The van der Waals surface area contributed by atoms with Crippen molar-refractivity contribution in [3.8, 4) is 5.75 Å². The molecule has 0 bridgehead atoms. The number of methoxy groups -OCH3 is 1. The number of amides is 1. The quantitative estimate of drug-likeness (QED) is 0.579. The Kier molecular flexibility index (Phi) is 5.96. The molecule has 2 aromatic carbocycles. The maximum atomic E-state index is 12.7. The monoisotopic (exact) mass is 461 g/mol. The van der Waals surface area contributed by atoms with Crippen LogP contribution in [0.15, 0.2) is 76.2 Å². The summed E-state index contributed by atoms with van der Waals surface area (Å²) in [6.45, 7) is 0. The molecular formula is C19H16BrN3O4S. The van der Waals surface area contributed by atoms with E-state index >= 15 is 0 Å². The Morgan fingerprint density at radius 1 is 1.07 bits per heavy atom.